The SMILES string of the molecule is Cc1cc(C)n(-c2ncc(NC(=O)c3ccc(C(C)(C)C)cc3)cn2)n1. The van der Waals surface area contributed by atoms with Crippen molar-refractivity contribution < 1.29 is 4.79 Å². The molecular weight excluding hydrogens is 326 g/mol. The fraction of sp³-hybridized carbons (Fsp3) is 0.300. The Balaban J connectivity index is 1.73. The van der Waals surface area contributed by atoms with Crippen molar-refractivity contribution in [1.29, 1.82) is 0 Å². The van der Waals surface area contributed by atoms with Gasteiger partial charge in [-0.3, -0.25) is 4.79 Å². The first-order chi connectivity index (χ1) is 12.2. The second-order valence-corrected chi connectivity index (χ2v) is 7.39. The summed E-state index contributed by atoms with van der Waals surface area (Å²) in [6, 6.07) is 9.59. The monoisotopic (exact) mass is 349 g/mol. The standard InChI is InChI=1S/C20H23N5O/c1-13-10-14(2)25(24-13)19-21-11-17(12-22-19)23-18(26)15-6-8-16(9-7-15)20(3,4)5/h6-12H,1-5H3,(H,23,26). The van der Waals surface area contributed by atoms with Gasteiger partial charge < -0.3 is 5.32 Å². The molecule has 6 nitrogen and oxygen atoms in total. The van der Waals surface area contributed by atoms with Crippen molar-refractivity contribution in [2.24, 2.45) is 0 Å². The molecule has 2 heterocycles. The number of aryl methyl sites for hydroxylation is 2. The zero-order valence-corrected chi connectivity index (χ0v) is 15.7. The van der Waals surface area contributed by atoms with Gasteiger partial charge in [0.1, 0.15) is 0 Å². The van der Waals surface area contributed by atoms with Crippen LogP contribution in [-0.4, -0.2) is 25.7 Å². The van der Waals surface area contributed by atoms with Crippen LogP contribution in [0.5, 0.6) is 0 Å². The summed E-state index contributed by atoms with van der Waals surface area (Å²) >= 11 is 0. The normalized spacial score (nSPS) is 11.4. The smallest absolute Gasteiger partial charge is 0.255 e. The van der Waals surface area contributed by atoms with E-state index in [0.29, 0.717) is 17.2 Å². The number of hydrogen-bond acceptors (Lipinski definition) is 4. The van der Waals surface area contributed by atoms with Crippen molar-refractivity contribution in [3.8, 4) is 5.95 Å². The maximum atomic E-state index is 12.4. The highest BCUT2D eigenvalue weighted by molar-refractivity contribution is 6.04. The summed E-state index contributed by atoms with van der Waals surface area (Å²) in [6.45, 7) is 10.3. The second kappa shape index (κ2) is 6.71. The van der Waals surface area contributed by atoms with Crippen LogP contribution in [0.3, 0.4) is 0 Å². The van der Waals surface area contributed by atoms with Crippen molar-refractivity contribution in [2.75, 3.05) is 5.32 Å². The molecule has 134 valence electrons. The van der Waals surface area contributed by atoms with Gasteiger partial charge >= 0.3 is 0 Å². The molecule has 0 bridgehead atoms. The van der Waals surface area contributed by atoms with Crippen LogP contribution < -0.4 is 5.32 Å². The molecule has 0 atom stereocenters. The van der Waals surface area contributed by atoms with Crippen LogP contribution in [0.15, 0.2) is 42.7 Å². The highest BCUT2D eigenvalue weighted by Crippen LogP contribution is 2.22. The Morgan fingerprint density at radius 1 is 1.04 bits per heavy atom. The molecule has 0 unspecified atom stereocenters. The molecule has 3 rings (SSSR count). The molecule has 0 radical (unpaired) electrons. The third kappa shape index (κ3) is 3.79. The van der Waals surface area contributed by atoms with E-state index in [1.165, 1.54) is 5.56 Å². The lowest BCUT2D eigenvalue weighted by molar-refractivity contribution is 0.102. The number of carbonyl (C=O) groups excluding carboxylic acids is 1. The minimum absolute atomic E-state index is 0.0572. The summed E-state index contributed by atoms with van der Waals surface area (Å²) in [7, 11) is 0. The Hall–Kier alpha value is -3.02. The molecule has 0 aliphatic heterocycles. The Morgan fingerprint density at radius 3 is 2.15 bits per heavy atom. The number of benzene rings is 1. The summed E-state index contributed by atoms with van der Waals surface area (Å²) < 4.78 is 1.67. The molecule has 0 spiro atoms. The number of anilines is 1. The zero-order chi connectivity index (χ0) is 18.9. The van der Waals surface area contributed by atoms with Gasteiger partial charge in [-0.25, -0.2) is 14.6 Å². The predicted octanol–water partition coefficient (Wildman–Crippen LogP) is 3.83. The topological polar surface area (TPSA) is 72.7 Å². The molecule has 0 saturated carbocycles. The summed E-state index contributed by atoms with van der Waals surface area (Å²) in [6.07, 6.45) is 3.17. The maximum Gasteiger partial charge on any atom is 0.255 e. The minimum atomic E-state index is -0.187. The lowest BCUT2D eigenvalue weighted by Gasteiger charge is -2.19. The van der Waals surface area contributed by atoms with Crippen LogP contribution in [-0.2, 0) is 5.41 Å². The number of aromatic nitrogens is 4. The number of rotatable bonds is 3. The van der Waals surface area contributed by atoms with Gasteiger partial charge in [0.15, 0.2) is 0 Å². The first kappa shape index (κ1) is 17.8. The fourth-order valence-electron chi connectivity index (χ4n) is 2.65. The van der Waals surface area contributed by atoms with E-state index >= 15 is 0 Å². The second-order valence-electron chi connectivity index (χ2n) is 7.39. The number of amides is 1. The van der Waals surface area contributed by atoms with Gasteiger partial charge in [-0.2, -0.15) is 5.10 Å². The molecule has 2 aromatic heterocycles. The molecule has 3 aromatic rings. The van der Waals surface area contributed by atoms with Crippen molar-refractivity contribution in [3.63, 3.8) is 0 Å². The van der Waals surface area contributed by atoms with E-state index in [1.807, 2.05) is 44.2 Å². The summed E-state index contributed by atoms with van der Waals surface area (Å²) in [5.74, 6) is 0.288. The average molecular weight is 349 g/mol. The molecule has 0 aliphatic carbocycles. The van der Waals surface area contributed by atoms with Crippen molar-refractivity contribution in [2.45, 2.75) is 40.0 Å². The summed E-state index contributed by atoms with van der Waals surface area (Å²) in [5, 5.41) is 7.17. The van der Waals surface area contributed by atoms with E-state index in [-0.39, 0.29) is 11.3 Å². The average Bonchev–Trinajstić information content (AvgIpc) is 2.93. The largest absolute Gasteiger partial charge is 0.319 e. The van der Waals surface area contributed by atoms with E-state index in [9.17, 15) is 4.79 Å². The van der Waals surface area contributed by atoms with Crippen molar-refractivity contribution >= 4 is 11.6 Å². The zero-order valence-electron chi connectivity index (χ0n) is 15.7. The third-order valence-electron chi connectivity index (χ3n) is 4.11. The van der Waals surface area contributed by atoms with E-state index in [1.54, 1.807) is 17.1 Å². The molecule has 0 aliphatic rings. The Bertz CT molecular complexity index is 918. The predicted molar refractivity (Wildman–Crippen MR) is 102 cm³/mol. The highest BCUT2D eigenvalue weighted by atomic mass is 16.1. The van der Waals surface area contributed by atoms with Gasteiger partial charge in [0, 0.05) is 11.3 Å². The first-order valence-corrected chi connectivity index (χ1v) is 8.51. The van der Waals surface area contributed by atoms with Crippen LogP contribution >= 0.6 is 0 Å². The van der Waals surface area contributed by atoms with Gasteiger partial charge in [-0.1, -0.05) is 32.9 Å². The number of hydrogen-bond donors (Lipinski definition) is 1. The molecule has 1 amide bonds. The molecule has 6 heteroatoms. The van der Waals surface area contributed by atoms with E-state index in [0.717, 1.165) is 11.4 Å². The number of nitrogens with zero attached hydrogens (tertiary/aromatic N) is 4. The van der Waals surface area contributed by atoms with Crippen LogP contribution in [0.2, 0.25) is 0 Å². The summed E-state index contributed by atoms with van der Waals surface area (Å²) in [5.41, 5.74) is 4.25. The maximum absolute atomic E-state index is 12.4. The Labute approximate surface area is 153 Å². The minimum Gasteiger partial charge on any atom is -0.319 e. The van der Waals surface area contributed by atoms with Crippen molar-refractivity contribution in [3.05, 3.63) is 65.2 Å². The van der Waals surface area contributed by atoms with Gasteiger partial charge in [0.2, 0.25) is 0 Å². The fourth-order valence-corrected chi connectivity index (χ4v) is 2.65. The molecular formula is C20H23N5O. The Morgan fingerprint density at radius 2 is 1.65 bits per heavy atom. The Kier molecular flexibility index (Phi) is 4.59. The molecule has 1 aromatic carbocycles. The van der Waals surface area contributed by atoms with Gasteiger partial charge in [0.05, 0.1) is 23.8 Å². The molecule has 1 N–H and O–H groups in total. The van der Waals surface area contributed by atoms with Gasteiger partial charge in [-0.05, 0) is 43.0 Å². The summed E-state index contributed by atoms with van der Waals surface area (Å²) in [4.78, 5) is 21.0. The lowest BCUT2D eigenvalue weighted by atomic mass is 9.87. The quantitative estimate of drug-likeness (QED) is 0.780. The number of carbonyl (C=O) groups is 1. The first-order valence-electron chi connectivity index (χ1n) is 8.51. The van der Waals surface area contributed by atoms with Crippen LogP contribution in [0.4, 0.5) is 5.69 Å². The molecule has 26 heavy (non-hydrogen) atoms. The van der Waals surface area contributed by atoms with Gasteiger partial charge in [0.25, 0.3) is 11.9 Å². The van der Waals surface area contributed by atoms with Crippen LogP contribution in [0.25, 0.3) is 5.95 Å². The number of nitrogens with one attached hydrogen (secondary N) is 1. The highest BCUT2D eigenvalue weighted by Gasteiger charge is 2.14. The lowest BCUT2D eigenvalue weighted by Crippen LogP contribution is -2.15. The molecule has 0 saturated heterocycles. The van der Waals surface area contributed by atoms with Crippen molar-refractivity contribution in [1.82, 2.24) is 19.7 Å². The molecule has 0 fully saturated rings. The van der Waals surface area contributed by atoms with E-state index in [4.69, 9.17) is 0 Å². The van der Waals surface area contributed by atoms with E-state index < -0.39 is 0 Å². The van der Waals surface area contributed by atoms with Crippen LogP contribution in [0.1, 0.15) is 48.1 Å². The van der Waals surface area contributed by atoms with Crippen LogP contribution in [0, 0.1) is 13.8 Å². The van der Waals surface area contributed by atoms with Gasteiger partial charge in [-0.15, -0.1) is 0 Å². The van der Waals surface area contributed by atoms with E-state index in [2.05, 4.69) is 41.2 Å². The third-order valence-corrected chi connectivity index (χ3v) is 4.11.